The SMILES string of the molecule is C=C(OC)c1ccn(C2CCCc3c2[nH]c2ccc(Br)cc32)c1. The number of hydrogen-bond acceptors (Lipinski definition) is 1. The van der Waals surface area contributed by atoms with Crippen LogP contribution in [0.15, 0.2) is 47.7 Å². The number of nitrogens with zero attached hydrogens (tertiary/aromatic N) is 1. The van der Waals surface area contributed by atoms with Gasteiger partial charge in [-0.25, -0.2) is 0 Å². The minimum absolute atomic E-state index is 0.350. The molecule has 0 fully saturated rings. The van der Waals surface area contributed by atoms with Crippen molar-refractivity contribution < 1.29 is 4.74 Å². The molecular formula is C19H19BrN2O. The molecule has 23 heavy (non-hydrogen) atoms. The van der Waals surface area contributed by atoms with Crippen molar-refractivity contribution in [3.8, 4) is 0 Å². The topological polar surface area (TPSA) is 29.9 Å². The predicted molar refractivity (Wildman–Crippen MR) is 97.6 cm³/mol. The molecular weight excluding hydrogens is 352 g/mol. The van der Waals surface area contributed by atoms with Gasteiger partial charge in [-0.3, -0.25) is 0 Å². The normalized spacial score (nSPS) is 17.2. The smallest absolute Gasteiger partial charge is 0.120 e. The van der Waals surface area contributed by atoms with E-state index in [1.165, 1.54) is 28.6 Å². The summed E-state index contributed by atoms with van der Waals surface area (Å²) >= 11 is 3.59. The van der Waals surface area contributed by atoms with E-state index in [9.17, 15) is 0 Å². The summed E-state index contributed by atoms with van der Waals surface area (Å²) in [4.78, 5) is 3.65. The minimum Gasteiger partial charge on any atom is -0.497 e. The molecule has 1 unspecified atom stereocenters. The quantitative estimate of drug-likeness (QED) is 0.624. The maximum absolute atomic E-state index is 5.25. The monoisotopic (exact) mass is 370 g/mol. The van der Waals surface area contributed by atoms with Crippen LogP contribution < -0.4 is 0 Å². The van der Waals surface area contributed by atoms with Crippen molar-refractivity contribution in [3.63, 3.8) is 0 Å². The van der Waals surface area contributed by atoms with E-state index in [1.54, 1.807) is 7.11 Å². The van der Waals surface area contributed by atoms with Crippen molar-refractivity contribution in [2.45, 2.75) is 25.3 Å². The highest BCUT2D eigenvalue weighted by Crippen LogP contribution is 2.38. The lowest BCUT2D eigenvalue weighted by molar-refractivity contribution is 0.371. The van der Waals surface area contributed by atoms with Crippen LogP contribution in [0.4, 0.5) is 0 Å². The van der Waals surface area contributed by atoms with Crippen LogP contribution in [0.3, 0.4) is 0 Å². The first-order valence-electron chi connectivity index (χ1n) is 7.88. The van der Waals surface area contributed by atoms with Crippen LogP contribution in [0.1, 0.15) is 35.7 Å². The number of methoxy groups -OCH3 is 1. The van der Waals surface area contributed by atoms with E-state index in [4.69, 9.17) is 4.74 Å². The van der Waals surface area contributed by atoms with Crippen molar-refractivity contribution in [2.24, 2.45) is 0 Å². The number of halogens is 1. The molecule has 0 saturated carbocycles. The molecule has 118 valence electrons. The molecule has 0 amide bonds. The Kier molecular flexibility index (Phi) is 3.57. The van der Waals surface area contributed by atoms with E-state index in [-0.39, 0.29) is 0 Å². The summed E-state index contributed by atoms with van der Waals surface area (Å²) in [6.45, 7) is 3.94. The molecule has 0 radical (unpaired) electrons. The Hall–Kier alpha value is -1.94. The second-order valence-electron chi connectivity index (χ2n) is 6.09. The molecule has 2 heterocycles. The fourth-order valence-electron chi connectivity index (χ4n) is 3.60. The number of hydrogen-bond donors (Lipinski definition) is 1. The van der Waals surface area contributed by atoms with Gasteiger partial charge in [0.2, 0.25) is 0 Å². The highest BCUT2D eigenvalue weighted by molar-refractivity contribution is 9.10. The molecule has 0 aliphatic heterocycles. The first-order chi connectivity index (χ1) is 11.2. The van der Waals surface area contributed by atoms with Gasteiger partial charge in [-0.2, -0.15) is 0 Å². The summed E-state index contributed by atoms with van der Waals surface area (Å²) in [7, 11) is 1.66. The highest BCUT2D eigenvalue weighted by Gasteiger charge is 2.25. The molecule has 3 aromatic rings. The molecule has 0 saturated heterocycles. The zero-order chi connectivity index (χ0) is 16.0. The van der Waals surface area contributed by atoms with Gasteiger partial charge in [-0.1, -0.05) is 22.5 Å². The van der Waals surface area contributed by atoms with Gasteiger partial charge in [0.05, 0.1) is 13.2 Å². The number of rotatable bonds is 3. The summed E-state index contributed by atoms with van der Waals surface area (Å²) in [6, 6.07) is 8.89. The molecule has 4 heteroatoms. The molecule has 2 aromatic heterocycles. The Labute approximate surface area is 144 Å². The maximum Gasteiger partial charge on any atom is 0.120 e. The molecule has 4 rings (SSSR count). The lowest BCUT2D eigenvalue weighted by Gasteiger charge is -2.24. The number of aryl methyl sites for hydroxylation is 1. The first-order valence-corrected chi connectivity index (χ1v) is 8.67. The lowest BCUT2D eigenvalue weighted by Crippen LogP contribution is -2.15. The number of nitrogens with one attached hydrogen (secondary N) is 1. The van der Waals surface area contributed by atoms with Gasteiger partial charge < -0.3 is 14.3 Å². The Morgan fingerprint density at radius 2 is 2.26 bits per heavy atom. The Bertz CT molecular complexity index is 890. The van der Waals surface area contributed by atoms with Gasteiger partial charge in [-0.15, -0.1) is 0 Å². The zero-order valence-corrected chi connectivity index (χ0v) is 14.7. The third-order valence-corrected chi connectivity index (χ3v) is 5.27. The van der Waals surface area contributed by atoms with Gasteiger partial charge in [0.1, 0.15) is 5.76 Å². The van der Waals surface area contributed by atoms with Crippen LogP contribution in [0.2, 0.25) is 0 Å². The number of ether oxygens (including phenoxy) is 1. The number of fused-ring (bicyclic) bond motifs is 3. The van der Waals surface area contributed by atoms with Crippen LogP contribution >= 0.6 is 15.9 Å². The largest absolute Gasteiger partial charge is 0.497 e. The number of aromatic amines is 1. The molecule has 1 aliphatic rings. The van der Waals surface area contributed by atoms with Crippen molar-refractivity contribution in [2.75, 3.05) is 7.11 Å². The molecule has 3 nitrogen and oxygen atoms in total. The average Bonchev–Trinajstić information content (AvgIpc) is 3.18. The van der Waals surface area contributed by atoms with Crippen molar-refractivity contribution >= 4 is 32.6 Å². The number of H-pyrrole nitrogens is 1. The minimum atomic E-state index is 0.350. The van der Waals surface area contributed by atoms with Crippen LogP contribution in [0.25, 0.3) is 16.7 Å². The predicted octanol–water partition coefficient (Wildman–Crippen LogP) is 5.27. The van der Waals surface area contributed by atoms with E-state index >= 15 is 0 Å². The third-order valence-electron chi connectivity index (χ3n) is 4.78. The van der Waals surface area contributed by atoms with Crippen LogP contribution in [-0.4, -0.2) is 16.7 Å². The standard InChI is InChI=1S/C19H19BrN2O/c1-12(23-2)13-8-9-22(11-13)18-5-3-4-15-16-10-14(20)6-7-17(16)21-19(15)18/h6-11,18,21H,1,3-5H2,2H3. The summed E-state index contributed by atoms with van der Waals surface area (Å²) in [5, 5.41) is 1.34. The summed E-state index contributed by atoms with van der Waals surface area (Å²) in [5.74, 6) is 0.709. The van der Waals surface area contributed by atoms with E-state index < -0.39 is 0 Å². The highest BCUT2D eigenvalue weighted by atomic mass is 79.9. The molecule has 1 atom stereocenters. The second kappa shape index (κ2) is 5.60. The maximum atomic E-state index is 5.25. The van der Waals surface area contributed by atoms with Crippen LogP contribution in [0.5, 0.6) is 0 Å². The third kappa shape index (κ3) is 2.41. The summed E-state index contributed by atoms with van der Waals surface area (Å²) in [5.41, 5.74) is 5.06. The van der Waals surface area contributed by atoms with E-state index in [0.717, 1.165) is 22.9 Å². The van der Waals surface area contributed by atoms with E-state index in [1.807, 2.05) is 0 Å². The first kappa shape index (κ1) is 14.6. The van der Waals surface area contributed by atoms with Gasteiger partial charge >= 0.3 is 0 Å². The lowest BCUT2D eigenvalue weighted by atomic mass is 9.91. The summed E-state index contributed by atoms with van der Waals surface area (Å²) < 4.78 is 8.66. The number of benzene rings is 1. The summed E-state index contributed by atoms with van der Waals surface area (Å²) in [6.07, 6.45) is 7.75. The van der Waals surface area contributed by atoms with Crippen molar-refractivity contribution in [3.05, 3.63) is 64.5 Å². The van der Waals surface area contributed by atoms with Crippen molar-refractivity contribution in [1.29, 1.82) is 0 Å². The molecule has 1 aromatic carbocycles. The fourth-order valence-corrected chi connectivity index (χ4v) is 3.96. The molecule has 0 bridgehead atoms. The fraction of sp³-hybridized carbons (Fsp3) is 0.263. The van der Waals surface area contributed by atoms with Gasteiger partial charge in [-0.05, 0) is 49.1 Å². The van der Waals surface area contributed by atoms with E-state index in [0.29, 0.717) is 11.8 Å². The van der Waals surface area contributed by atoms with Gasteiger partial charge in [0, 0.05) is 39.0 Å². The Morgan fingerprint density at radius 1 is 1.39 bits per heavy atom. The second-order valence-corrected chi connectivity index (χ2v) is 7.01. The van der Waals surface area contributed by atoms with Crippen molar-refractivity contribution in [1.82, 2.24) is 9.55 Å². The van der Waals surface area contributed by atoms with Crippen LogP contribution in [-0.2, 0) is 11.2 Å². The number of aromatic nitrogens is 2. The zero-order valence-electron chi connectivity index (χ0n) is 13.1. The van der Waals surface area contributed by atoms with Gasteiger partial charge in [0.25, 0.3) is 0 Å². The van der Waals surface area contributed by atoms with Crippen LogP contribution in [0, 0.1) is 0 Å². The van der Waals surface area contributed by atoms with E-state index in [2.05, 4.69) is 68.7 Å². The molecule has 0 spiro atoms. The average molecular weight is 371 g/mol. The Balaban J connectivity index is 1.80. The molecule has 1 N–H and O–H groups in total. The Morgan fingerprint density at radius 3 is 3.09 bits per heavy atom. The van der Waals surface area contributed by atoms with Gasteiger partial charge in [0.15, 0.2) is 0 Å². The molecule has 1 aliphatic carbocycles.